The van der Waals surface area contributed by atoms with Gasteiger partial charge in [0.1, 0.15) is 6.79 Å². The van der Waals surface area contributed by atoms with Crippen LogP contribution in [0.4, 0.5) is 0 Å². The molecule has 4 nitrogen and oxygen atoms in total. The van der Waals surface area contributed by atoms with Crippen molar-refractivity contribution in [3.8, 4) is 0 Å². The second kappa shape index (κ2) is 8.89. The van der Waals surface area contributed by atoms with E-state index in [2.05, 4.69) is 61.2 Å². The van der Waals surface area contributed by atoms with Crippen LogP contribution in [0.5, 0.6) is 0 Å². The van der Waals surface area contributed by atoms with Crippen molar-refractivity contribution >= 4 is 8.32 Å². The van der Waals surface area contributed by atoms with Crippen molar-refractivity contribution in [2.24, 2.45) is 11.3 Å². The van der Waals surface area contributed by atoms with E-state index in [1.54, 1.807) is 13.2 Å². The average molecular weight is 415 g/mol. The number of hydrogen-bond acceptors (Lipinski definition) is 4. The summed E-state index contributed by atoms with van der Waals surface area (Å²) in [5.74, 6) is 0.241. The van der Waals surface area contributed by atoms with Gasteiger partial charge in [-0.2, -0.15) is 0 Å². The lowest BCUT2D eigenvalue weighted by atomic mass is 9.58. The minimum Gasteiger partial charge on any atom is -0.413 e. The molecule has 0 radical (unpaired) electrons. The first-order chi connectivity index (χ1) is 12.5. The van der Waals surface area contributed by atoms with Crippen molar-refractivity contribution < 1.29 is 19.0 Å². The van der Waals surface area contributed by atoms with Gasteiger partial charge in [-0.3, -0.25) is 0 Å². The number of aliphatic hydroxyl groups is 1. The highest BCUT2D eigenvalue weighted by Crippen LogP contribution is 2.53. The van der Waals surface area contributed by atoms with Crippen LogP contribution < -0.4 is 0 Å². The van der Waals surface area contributed by atoms with Gasteiger partial charge in [-0.15, -0.1) is 6.58 Å². The minimum absolute atomic E-state index is 0.0759. The highest BCUT2D eigenvalue weighted by molar-refractivity contribution is 6.74. The molecule has 4 atom stereocenters. The number of methoxy groups -OCH3 is 1. The predicted octanol–water partition coefficient (Wildman–Crippen LogP) is 5.91. The van der Waals surface area contributed by atoms with Crippen molar-refractivity contribution in [1.82, 2.24) is 0 Å². The molecule has 1 unspecified atom stereocenters. The first-order valence-electron chi connectivity index (χ1n) is 10.7. The normalized spacial score (nSPS) is 30.7. The summed E-state index contributed by atoms with van der Waals surface area (Å²) in [5.41, 5.74) is -1.25. The molecule has 166 valence electrons. The SMILES string of the molecule is C=CC(C)(O)CC[C@@H]1C(C)(C)[C@H](O[Si](C)(C)C(C)(C)C)CC[C@@]1(C)OCOC. The van der Waals surface area contributed by atoms with Gasteiger partial charge in [0.2, 0.25) is 0 Å². The van der Waals surface area contributed by atoms with Crippen molar-refractivity contribution in [2.75, 3.05) is 13.9 Å². The van der Waals surface area contributed by atoms with Crippen LogP contribution in [0.15, 0.2) is 12.7 Å². The third-order valence-electron chi connectivity index (χ3n) is 7.50. The Bertz CT molecular complexity index is 521. The smallest absolute Gasteiger partial charge is 0.192 e. The monoisotopic (exact) mass is 414 g/mol. The second-order valence-electron chi connectivity index (χ2n) is 11.2. The van der Waals surface area contributed by atoms with Gasteiger partial charge in [0.15, 0.2) is 8.32 Å². The summed E-state index contributed by atoms with van der Waals surface area (Å²) in [6.07, 6.45) is 5.24. The summed E-state index contributed by atoms with van der Waals surface area (Å²) in [6, 6.07) is 0. The lowest BCUT2D eigenvalue weighted by Crippen LogP contribution is -2.58. The zero-order valence-corrected chi connectivity index (χ0v) is 21.1. The van der Waals surface area contributed by atoms with E-state index in [9.17, 15) is 5.11 Å². The average Bonchev–Trinajstić information content (AvgIpc) is 2.54. The van der Waals surface area contributed by atoms with E-state index in [1.807, 2.05) is 6.92 Å². The predicted molar refractivity (Wildman–Crippen MR) is 120 cm³/mol. The van der Waals surface area contributed by atoms with Gasteiger partial charge in [-0.25, -0.2) is 0 Å². The van der Waals surface area contributed by atoms with Crippen LogP contribution in [0.1, 0.15) is 74.1 Å². The molecule has 1 saturated carbocycles. The van der Waals surface area contributed by atoms with Gasteiger partial charge in [-0.1, -0.05) is 40.7 Å². The molecule has 1 rings (SSSR count). The van der Waals surface area contributed by atoms with Gasteiger partial charge < -0.3 is 19.0 Å². The van der Waals surface area contributed by atoms with E-state index < -0.39 is 13.9 Å². The van der Waals surface area contributed by atoms with Crippen molar-refractivity contribution in [3.05, 3.63) is 12.7 Å². The molecular formula is C23H46O4Si. The maximum Gasteiger partial charge on any atom is 0.192 e. The second-order valence-corrected chi connectivity index (χ2v) is 16.0. The highest BCUT2D eigenvalue weighted by Gasteiger charge is 2.54. The van der Waals surface area contributed by atoms with Gasteiger partial charge >= 0.3 is 0 Å². The fourth-order valence-corrected chi connectivity index (χ4v) is 5.79. The lowest BCUT2D eigenvalue weighted by Gasteiger charge is -2.56. The zero-order chi connectivity index (χ0) is 22.0. The largest absolute Gasteiger partial charge is 0.413 e. The van der Waals surface area contributed by atoms with E-state index in [0.717, 1.165) is 19.3 Å². The van der Waals surface area contributed by atoms with Crippen LogP contribution in [0.25, 0.3) is 0 Å². The Kier molecular flexibility index (Phi) is 8.20. The maximum absolute atomic E-state index is 10.5. The topological polar surface area (TPSA) is 47.9 Å². The molecular weight excluding hydrogens is 368 g/mol. The molecule has 0 bridgehead atoms. The Morgan fingerprint density at radius 3 is 2.21 bits per heavy atom. The first kappa shape index (κ1) is 25.8. The van der Waals surface area contributed by atoms with Crippen molar-refractivity contribution in [1.29, 1.82) is 0 Å². The van der Waals surface area contributed by atoms with E-state index in [1.165, 1.54) is 0 Å². The molecule has 0 heterocycles. The van der Waals surface area contributed by atoms with E-state index in [4.69, 9.17) is 13.9 Å². The van der Waals surface area contributed by atoms with Crippen molar-refractivity contribution in [2.45, 2.75) is 110 Å². The van der Waals surface area contributed by atoms with E-state index in [-0.39, 0.29) is 34.9 Å². The molecule has 5 heteroatoms. The molecule has 0 aliphatic heterocycles. The standard InChI is InChI=1S/C23H46O4Si/c1-12-22(7,24)15-13-18-21(5,6)19(27-28(10,11)20(2,3)4)14-16-23(18,8)26-17-25-9/h12,18-19,24H,1,13-17H2,2-11H3/t18-,19-,22?,23-/m1/s1. The summed E-state index contributed by atoms with van der Waals surface area (Å²) in [4.78, 5) is 0. The third kappa shape index (κ3) is 5.91. The fraction of sp³-hybridized carbons (Fsp3) is 0.913. The molecule has 28 heavy (non-hydrogen) atoms. The molecule has 0 aromatic heterocycles. The molecule has 0 amide bonds. The fourth-order valence-electron chi connectivity index (χ4n) is 4.30. The Balaban J connectivity index is 3.17. The summed E-state index contributed by atoms with van der Waals surface area (Å²) in [7, 11) is -0.215. The Labute approximate surface area is 175 Å². The van der Waals surface area contributed by atoms with Gasteiger partial charge in [0.05, 0.1) is 17.3 Å². The van der Waals surface area contributed by atoms with E-state index >= 15 is 0 Å². The number of rotatable bonds is 9. The molecule has 1 aliphatic carbocycles. The zero-order valence-electron chi connectivity index (χ0n) is 20.1. The summed E-state index contributed by atoms with van der Waals surface area (Å²) < 4.78 is 18.4. The molecule has 0 aromatic rings. The quantitative estimate of drug-likeness (QED) is 0.289. The number of hydrogen-bond donors (Lipinski definition) is 1. The Hall–Kier alpha value is -0.203. The molecule has 1 aliphatic rings. The van der Waals surface area contributed by atoms with Gasteiger partial charge in [0.25, 0.3) is 0 Å². The lowest BCUT2D eigenvalue weighted by molar-refractivity contribution is -0.208. The van der Waals surface area contributed by atoms with Crippen LogP contribution in [0, 0.1) is 11.3 Å². The third-order valence-corrected chi connectivity index (χ3v) is 12.0. The van der Waals surface area contributed by atoms with Crippen LogP contribution in [0.2, 0.25) is 18.1 Å². The highest BCUT2D eigenvalue weighted by atomic mass is 28.4. The molecule has 1 N–H and O–H groups in total. The number of ether oxygens (including phenoxy) is 2. The Morgan fingerprint density at radius 2 is 1.75 bits per heavy atom. The Morgan fingerprint density at radius 1 is 1.18 bits per heavy atom. The molecule has 1 fully saturated rings. The molecule has 0 saturated heterocycles. The van der Waals surface area contributed by atoms with Gasteiger partial charge in [0, 0.05) is 7.11 Å². The van der Waals surface area contributed by atoms with Crippen LogP contribution in [-0.2, 0) is 13.9 Å². The summed E-state index contributed by atoms with van der Waals surface area (Å²) in [6.45, 7) is 24.3. The molecule has 0 aromatic carbocycles. The summed E-state index contributed by atoms with van der Waals surface area (Å²) >= 11 is 0. The van der Waals surface area contributed by atoms with Crippen LogP contribution in [0.3, 0.4) is 0 Å². The van der Waals surface area contributed by atoms with Crippen LogP contribution >= 0.6 is 0 Å². The van der Waals surface area contributed by atoms with Gasteiger partial charge in [-0.05, 0) is 69.0 Å². The van der Waals surface area contributed by atoms with E-state index in [0.29, 0.717) is 6.42 Å². The molecule has 0 spiro atoms. The van der Waals surface area contributed by atoms with Crippen molar-refractivity contribution in [3.63, 3.8) is 0 Å². The maximum atomic E-state index is 10.5. The minimum atomic E-state index is -1.88. The first-order valence-corrected chi connectivity index (χ1v) is 13.6. The summed E-state index contributed by atoms with van der Waals surface area (Å²) in [5, 5.41) is 10.7. The van der Waals surface area contributed by atoms with Crippen LogP contribution in [-0.4, -0.2) is 44.6 Å².